The minimum Gasteiger partial charge on any atom is -0.463 e. The van der Waals surface area contributed by atoms with Gasteiger partial charge in [-0.3, -0.25) is 14.5 Å². The minimum absolute atomic E-state index is 0.0531. The van der Waals surface area contributed by atoms with Crippen LogP contribution in [0.15, 0.2) is 11.6 Å². The largest absolute Gasteiger partial charge is 0.463 e. The molecule has 1 saturated heterocycles. The van der Waals surface area contributed by atoms with Crippen LogP contribution in [0, 0.1) is 5.92 Å². The minimum atomic E-state index is -0.612. The number of piperidine rings is 1. The monoisotopic (exact) mass is 437 g/mol. The second-order valence-electron chi connectivity index (χ2n) is 9.07. The van der Waals surface area contributed by atoms with Gasteiger partial charge in [-0.2, -0.15) is 0 Å². The number of rotatable bonds is 10. The predicted molar refractivity (Wildman–Crippen MR) is 123 cm³/mol. The summed E-state index contributed by atoms with van der Waals surface area (Å²) in [5, 5.41) is 3.04. The van der Waals surface area contributed by atoms with Crippen LogP contribution in [0.5, 0.6) is 0 Å². The van der Waals surface area contributed by atoms with Gasteiger partial charge in [0.15, 0.2) is 0 Å². The van der Waals surface area contributed by atoms with Crippen LogP contribution in [0.4, 0.5) is 0 Å². The number of ether oxygens (including phenoxy) is 1. The fraction of sp³-hybridized carbons (Fsp3) is 0.792. The van der Waals surface area contributed by atoms with E-state index in [2.05, 4.69) is 24.1 Å². The summed E-state index contributed by atoms with van der Waals surface area (Å²) in [6.45, 7) is 14.7. The van der Waals surface area contributed by atoms with Gasteiger partial charge in [0.1, 0.15) is 6.04 Å². The second kappa shape index (κ2) is 12.8. The van der Waals surface area contributed by atoms with E-state index in [0.717, 1.165) is 25.8 Å². The van der Waals surface area contributed by atoms with Crippen LogP contribution in [0.1, 0.15) is 74.1 Å². The Kier molecular flexibility index (Phi) is 11.2. The molecule has 178 valence electrons. The van der Waals surface area contributed by atoms with Crippen LogP contribution in [0.25, 0.3) is 0 Å². The second-order valence-corrected chi connectivity index (χ2v) is 9.07. The van der Waals surface area contributed by atoms with E-state index in [1.165, 1.54) is 0 Å². The predicted octanol–water partition coefficient (Wildman–Crippen LogP) is 3.14. The van der Waals surface area contributed by atoms with Crippen molar-refractivity contribution in [2.24, 2.45) is 5.92 Å². The van der Waals surface area contributed by atoms with Gasteiger partial charge in [0.25, 0.3) is 0 Å². The van der Waals surface area contributed by atoms with Gasteiger partial charge in [-0.25, -0.2) is 4.79 Å². The number of likely N-dealkylation sites (tertiary alicyclic amines) is 1. The van der Waals surface area contributed by atoms with E-state index in [9.17, 15) is 14.4 Å². The summed E-state index contributed by atoms with van der Waals surface area (Å²) < 4.78 is 5.05. The van der Waals surface area contributed by atoms with Gasteiger partial charge in [-0.1, -0.05) is 33.3 Å². The van der Waals surface area contributed by atoms with Crippen LogP contribution >= 0.6 is 0 Å². The Morgan fingerprint density at radius 1 is 1.16 bits per heavy atom. The molecule has 0 aromatic rings. The first-order valence-electron chi connectivity index (χ1n) is 11.7. The third-order valence-corrected chi connectivity index (χ3v) is 6.04. The van der Waals surface area contributed by atoms with Crippen molar-refractivity contribution in [1.82, 2.24) is 15.1 Å². The van der Waals surface area contributed by atoms with Gasteiger partial charge < -0.3 is 15.0 Å². The highest BCUT2D eigenvalue weighted by atomic mass is 16.5. The molecule has 1 rings (SSSR count). The molecule has 3 atom stereocenters. The third kappa shape index (κ3) is 7.63. The first kappa shape index (κ1) is 27.1. The Labute approximate surface area is 188 Å². The lowest BCUT2D eigenvalue weighted by atomic mass is 9.97. The van der Waals surface area contributed by atoms with Crippen LogP contribution in [-0.2, 0) is 19.1 Å². The number of hydrogen-bond acceptors (Lipinski definition) is 5. The maximum absolute atomic E-state index is 13.3. The molecule has 1 aliphatic rings. The van der Waals surface area contributed by atoms with Crippen molar-refractivity contribution in [2.75, 3.05) is 20.2 Å². The van der Waals surface area contributed by atoms with Crippen molar-refractivity contribution in [1.29, 1.82) is 0 Å². The zero-order valence-electron chi connectivity index (χ0n) is 20.7. The lowest BCUT2D eigenvalue weighted by Crippen LogP contribution is -2.58. The number of carbonyl (C=O) groups excluding carboxylic acids is 3. The number of nitrogens with zero attached hydrogens (tertiary/aromatic N) is 2. The van der Waals surface area contributed by atoms with Crippen molar-refractivity contribution >= 4 is 17.8 Å². The molecular formula is C24H43N3O4. The lowest BCUT2D eigenvalue weighted by Gasteiger charge is -2.39. The Hall–Kier alpha value is -1.89. The Morgan fingerprint density at radius 2 is 1.81 bits per heavy atom. The number of esters is 1. The van der Waals surface area contributed by atoms with Gasteiger partial charge in [0.2, 0.25) is 11.8 Å². The normalized spacial score (nSPS) is 19.8. The first-order valence-corrected chi connectivity index (χ1v) is 11.7. The molecule has 1 unspecified atom stereocenters. The Bertz CT molecular complexity index is 645. The number of amides is 2. The molecule has 0 saturated carbocycles. The average Bonchev–Trinajstić information content (AvgIpc) is 2.74. The molecule has 1 aliphatic heterocycles. The molecule has 1 heterocycles. The van der Waals surface area contributed by atoms with E-state index in [4.69, 9.17) is 4.74 Å². The highest BCUT2D eigenvalue weighted by molar-refractivity contribution is 5.91. The van der Waals surface area contributed by atoms with Gasteiger partial charge in [-0.05, 0) is 59.4 Å². The van der Waals surface area contributed by atoms with Crippen LogP contribution in [0.2, 0.25) is 0 Å². The van der Waals surface area contributed by atoms with Crippen LogP contribution in [-0.4, -0.2) is 72.0 Å². The standard InChI is InChI=1S/C24H43N3O4/c1-9-19(15-18(7)24(30)31-10-2)26(8)23(29)21(16(3)4)25-22(28)20-13-11-12-14-27(20)17(5)6/h15-17,19-21H,9-14H2,1-8H3,(H,25,28)/t19-,20?,21-/m0/s1. The summed E-state index contributed by atoms with van der Waals surface area (Å²) in [6.07, 6.45) is 5.37. The highest BCUT2D eigenvalue weighted by Gasteiger charge is 2.35. The zero-order chi connectivity index (χ0) is 23.7. The van der Waals surface area contributed by atoms with E-state index in [0.29, 0.717) is 18.6 Å². The summed E-state index contributed by atoms with van der Waals surface area (Å²) in [5.74, 6) is -0.639. The maximum Gasteiger partial charge on any atom is 0.333 e. The quantitative estimate of drug-likeness (QED) is 0.420. The fourth-order valence-electron chi connectivity index (χ4n) is 4.10. The van der Waals surface area contributed by atoms with E-state index >= 15 is 0 Å². The number of likely N-dealkylation sites (N-methyl/N-ethyl adjacent to an activating group) is 1. The molecule has 1 fully saturated rings. The van der Waals surface area contributed by atoms with Gasteiger partial charge >= 0.3 is 5.97 Å². The molecule has 31 heavy (non-hydrogen) atoms. The molecule has 0 aromatic heterocycles. The molecule has 7 heteroatoms. The molecule has 1 N–H and O–H groups in total. The third-order valence-electron chi connectivity index (χ3n) is 6.04. The van der Waals surface area contributed by atoms with Crippen molar-refractivity contribution in [2.45, 2.75) is 98.3 Å². The number of hydrogen-bond donors (Lipinski definition) is 1. The lowest BCUT2D eigenvalue weighted by molar-refractivity contribution is -0.140. The van der Waals surface area contributed by atoms with Gasteiger partial charge in [-0.15, -0.1) is 0 Å². The molecule has 7 nitrogen and oxygen atoms in total. The van der Waals surface area contributed by atoms with Crippen molar-refractivity contribution in [3.05, 3.63) is 11.6 Å². The average molecular weight is 438 g/mol. The Balaban J connectivity index is 2.97. The summed E-state index contributed by atoms with van der Waals surface area (Å²) in [6, 6.07) is -0.774. The summed E-state index contributed by atoms with van der Waals surface area (Å²) in [5.41, 5.74) is 0.480. The van der Waals surface area contributed by atoms with Crippen molar-refractivity contribution < 1.29 is 19.1 Å². The number of carbonyl (C=O) groups is 3. The molecule has 0 bridgehead atoms. The maximum atomic E-state index is 13.3. The fourth-order valence-corrected chi connectivity index (χ4v) is 4.10. The van der Waals surface area contributed by atoms with Gasteiger partial charge in [0, 0.05) is 18.7 Å². The zero-order valence-corrected chi connectivity index (χ0v) is 20.7. The number of nitrogens with one attached hydrogen (secondary N) is 1. The molecule has 0 aromatic carbocycles. The Morgan fingerprint density at radius 3 is 2.32 bits per heavy atom. The van der Waals surface area contributed by atoms with Crippen LogP contribution < -0.4 is 5.32 Å². The summed E-state index contributed by atoms with van der Waals surface area (Å²) >= 11 is 0. The topological polar surface area (TPSA) is 79.0 Å². The molecule has 0 aliphatic carbocycles. The van der Waals surface area contributed by atoms with E-state index in [1.807, 2.05) is 20.8 Å². The molecular weight excluding hydrogens is 394 g/mol. The SMILES string of the molecule is CCOC(=O)C(C)=C[C@H](CC)N(C)C(=O)[C@@H](NC(=O)C1CCCCN1C(C)C)C(C)C. The van der Waals surface area contributed by atoms with Crippen LogP contribution in [0.3, 0.4) is 0 Å². The summed E-state index contributed by atoms with van der Waals surface area (Å²) in [4.78, 5) is 42.3. The smallest absolute Gasteiger partial charge is 0.333 e. The molecule has 0 spiro atoms. The first-order chi connectivity index (χ1) is 14.5. The van der Waals surface area contributed by atoms with E-state index in [-0.39, 0.29) is 41.8 Å². The van der Waals surface area contributed by atoms with E-state index < -0.39 is 6.04 Å². The van der Waals surface area contributed by atoms with Crippen molar-refractivity contribution in [3.63, 3.8) is 0 Å². The highest BCUT2D eigenvalue weighted by Crippen LogP contribution is 2.21. The van der Waals surface area contributed by atoms with Crippen molar-refractivity contribution in [3.8, 4) is 0 Å². The molecule has 2 amide bonds. The molecule has 0 radical (unpaired) electrons. The van der Waals surface area contributed by atoms with Gasteiger partial charge in [0.05, 0.1) is 18.7 Å². The van der Waals surface area contributed by atoms with E-state index in [1.54, 1.807) is 31.9 Å². The summed E-state index contributed by atoms with van der Waals surface area (Å²) in [7, 11) is 1.73.